The first-order valence-electron chi connectivity index (χ1n) is 8.11. The molecule has 0 bridgehead atoms. The third kappa shape index (κ3) is 3.61. The number of nitrogens with one attached hydrogen (secondary N) is 1. The van der Waals surface area contributed by atoms with E-state index in [2.05, 4.69) is 10.3 Å². The minimum Gasteiger partial charge on any atom is -0.496 e. The lowest BCUT2D eigenvalue weighted by atomic mass is 9.96. The number of ether oxygens (including phenoxy) is 1. The Bertz CT molecular complexity index is 908. The zero-order valence-corrected chi connectivity index (χ0v) is 14.3. The highest BCUT2D eigenvalue weighted by Gasteiger charge is 2.20. The van der Waals surface area contributed by atoms with Crippen molar-refractivity contribution < 1.29 is 9.53 Å². The van der Waals surface area contributed by atoms with Gasteiger partial charge in [0.15, 0.2) is 0 Å². The van der Waals surface area contributed by atoms with Gasteiger partial charge in [-0.25, -0.2) is 0 Å². The maximum atomic E-state index is 12.7. The van der Waals surface area contributed by atoms with E-state index in [0.717, 1.165) is 33.3 Å². The molecule has 1 amide bonds. The Labute approximate surface area is 146 Å². The van der Waals surface area contributed by atoms with Gasteiger partial charge in [-0.3, -0.25) is 9.78 Å². The number of carbonyl (C=O) groups excluding carboxylic acids is 1. The molecule has 0 fully saturated rings. The molecule has 0 radical (unpaired) electrons. The van der Waals surface area contributed by atoms with E-state index in [0.29, 0.717) is 0 Å². The fourth-order valence-corrected chi connectivity index (χ4v) is 2.84. The first-order valence-corrected chi connectivity index (χ1v) is 8.11. The van der Waals surface area contributed by atoms with Gasteiger partial charge in [0.1, 0.15) is 5.75 Å². The molecule has 5 heteroatoms. The minimum atomic E-state index is -0.442. The topological polar surface area (TPSA) is 77.2 Å². The zero-order valence-electron chi connectivity index (χ0n) is 14.3. The lowest BCUT2D eigenvalue weighted by Crippen LogP contribution is -2.27. The third-order valence-corrected chi connectivity index (χ3v) is 4.29. The highest BCUT2D eigenvalue weighted by Crippen LogP contribution is 2.26. The van der Waals surface area contributed by atoms with Crippen molar-refractivity contribution in [3.63, 3.8) is 0 Å². The smallest absolute Gasteiger partial charge is 0.233 e. The van der Waals surface area contributed by atoms with Crippen LogP contribution in [0.4, 0.5) is 5.69 Å². The van der Waals surface area contributed by atoms with Crippen LogP contribution in [-0.2, 0) is 4.79 Å². The molecule has 0 aliphatic carbocycles. The van der Waals surface area contributed by atoms with Crippen LogP contribution in [0.2, 0.25) is 0 Å². The summed E-state index contributed by atoms with van der Waals surface area (Å²) in [5, 5.41) is 5.00. The van der Waals surface area contributed by atoms with Crippen LogP contribution in [-0.4, -0.2) is 24.5 Å². The summed E-state index contributed by atoms with van der Waals surface area (Å²) in [6.45, 7) is 2.18. The predicted octanol–water partition coefficient (Wildman–Crippen LogP) is 3.23. The summed E-state index contributed by atoms with van der Waals surface area (Å²) in [7, 11) is 1.62. The van der Waals surface area contributed by atoms with Crippen molar-refractivity contribution >= 4 is 22.4 Å². The molecular weight excluding hydrogens is 314 g/mol. The van der Waals surface area contributed by atoms with E-state index in [1.165, 1.54) is 0 Å². The fourth-order valence-electron chi connectivity index (χ4n) is 2.84. The van der Waals surface area contributed by atoms with E-state index in [4.69, 9.17) is 10.5 Å². The van der Waals surface area contributed by atoms with Crippen LogP contribution in [0.15, 0.2) is 54.9 Å². The molecule has 5 nitrogen and oxygen atoms in total. The van der Waals surface area contributed by atoms with Crippen LogP contribution >= 0.6 is 0 Å². The van der Waals surface area contributed by atoms with Crippen molar-refractivity contribution in [1.29, 1.82) is 0 Å². The van der Waals surface area contributed by atoms with Crippen LogP contribution in [0.25, 0.3) is 10.8 Å². The first-order chi connectivity index (χ1) is 12.1. The molecule has 0 saturated carbocycles. The van der Waals surface area contributed by atoms with Crippen molar-refractivity contribution in [2.24, 2.45) is 5.73 Å². The SMILES string of the molecule is COc1cc(C(CN)C(=O)Nc2ccc3cnccc3c2)ccc1C. The number of nitrogens with two attached hydrogens (primary N) is 1. The number of amides is 1. The Morgan fingerprint density at radius 3 is 2.80 bits per heavy atom. The first kappa shape index (κ1) is 16.9. The van der Waals surface area contributed by atoms with Crippen molar-refractivity contribution in [2.75, 3.05) is 19.0 Å². The molecule has 0 saturated heterocycles. The van der Waals surface area contributed by atoms with Gasteiger partial charge in [0.25, 0.3) is 0 Å². The number of carbonyl (C=O) groups is 1. The summed E-state index contributed by atoms with van der Waals surface area (Å²) in [5.41, 5.74) is 8.47. The molecule has 0 aliphatic heterocycles. The lowest BCUT2D eigenvalue weighted by molar-refractivity contribution is -0.117. The average Bonchev–Trinajstić information content (AvgIpc) is 2.63. The number of rotatable bonds is 5. The summed E-state index contributed by atoms with van der Waals surface area (Å²) in [6, 6.07) is 13.4. The van der Waals surface area contributed by atoms with Crippen LogP contribution in [0.1, 0.15) is 17.0 Å². The summed E-state index contributed by atoms with van der Waals surface area (Å²) in [4.78, 5) is 16.8. The predicted molar refractivity (Wildman–Crippen MR) is 99.9 cm³/mol. The Morgan fingerprint density at radius 2 is 2.04 bits per heavy atom. The monoisotopic (exact) mass is 335 g/mol. The van der Waals surface area contributed by atoms with E-state index >= 15 is 0 Å². The number of anilines is 1. The third-order valence-electron chi connectivity index (χ3n) is 4.29. The maximum Gasteiger partial charge on any atom is 0.233 e. The van der Waals surface area contributed by atoms with Gasteiger partial charge in [0.05, 0.1) is 13.0 Å². The molecule has 3 rings (SSSR count). The molecule has 1 unspecified atom stereocenters. The highest BCUT2D eigenvalue weighted by molar-refractivity contribution is 5.98. The van der Waals surface area contributed by atoms with E-state index in [1.54, 1.807) is 19.5 Å². The van der Waals surface area contributed by atoms with Crippen molar-refractivity contribution in [3.8, 4) is 5.75 Å². The van der Waals surface area contributed by atoms with Gasteiger partial charge in [-0.15, -0.1) is 0 Å². The molecule has 0 spiro atoms. The number of fused-ring (bicyclic) bond motifs is 1. The van der Waals surface area contributed by atoms with E-state index in [1.807, 2.05) is 49.4 Å². The number of hydrogen-bond acceptors (Lipinski definition) is 4. The molecule has 3 aromatic rings. The van der Waals surface area contributed by atoms with Crippen molar-refractivity contribution in [1.82, 2.24) is 4.98 Å². The van der Waals surface area contributed by atoms with Gasteiger partial charge in [-0.05, 0) is 47.7 Å². The fraction of sp³-hybridized carbons (Fsp3) is 0.200. The average molecular weight is 335 g/mol. The normalized spacial score (nSPS) is 12.0. The molecule has 3 N–H and O–H groups in total. The largest absolute Gasteiger partial charge is 0.496 e. The molecule has 25 heavy (non-hydrogen) atoms. The number of aryl methyl sites for hydroxylation is 1. The van der Waals surface area contributed by atoms with Gasteiger partial charge in [-0.2, -0.15) is 0 Å². The van der Waals surface area contributed by atoms with E-state index in [-0.39, 0.29) is 12.5 Å². The van der Waals surface area contributed by atoms with Crippen molar-refractivity contribution in [2.45, 2.75) is 12.8 Å². The number of hydrogen-bond donors (Lipinski definition) is 2. The maximum absolute atomic E-state index is 12.7. The molecule has 128 valence electrons. The summed E-state index contributed by atoms with van der Waals surface area (Å²) < 4.78 is 5.35. The van der Waals surface area contributed by atoms with Crippen LogP contribution in [0.5, 0.6) is 5.75 Å². The standard InChI is InChI=1S/C20H21N3O2/c1-13-3-4-15(10-19(13)25-2)18(11-21)20(24)23-17-6-5-16-12-22-8-7-14(16)9-17/h3-10,12,18H,11,21H2,1-2H3,(H,23,24). The molecule has 2 aromatic carbocycles. The molecule has 1 aromatic heterocycles. The second kappa shape index (κ2) is 7.32. The molecular formula is C20H21N3O2. The molecule has 1 heterocycles. The second-order valence-electron chi connectivity index (χ2n) is 5.94. The Hall–Kier alpha value is -2.92. The number of pyridine rings is 1. The Balaban J connectivity index is 1.84. The summed E-state index contributed by atoms with van der Waals surface area (Å²) in [6.07, 6.45) is 3.53. The quantitative estimate of drug-likeness (QED) is 0.750. The summed E-state index contributed by atoms with van der Waals surface area (Å²) >= 11 is 0. The second-order valence-corrected chi connectivity index (χ2v) is 5.94. The molecule has 1 atom stereocenters. The number of nitrogens with zero attached hydrogens (tertiary/aromatic N) is 1. The lowest BCUT2D eigenvalue weighted by Gasteiger charge is -2.17. The van der Waals surface area contributed by atoms with Crippen LogP contribution in [0.3, 0.4) is 0 Å². The van der Waals surface area contributed by atoms with Gasteiger partial charge in [-0.1, -0.05) is 18.2 Å². The number of methoxy groups -OCH3 is 1. The van der Waals surface area contributed by atoms with E-state index < -0.39 is 5.92 Å². The zero-order chi connectivity index (χ0) is 17.8. The van der Waals surface area contributed by atoms with Gasteiger partial charge < -0.3 is 15.8 Å². The van der Waals surface area contributed by atoms with Gasteiger partial charge in [0.2, 0.25) is 5.91 Å². The Morgan fingerprint density at radius 1 is 1.20 bits per heavy atom. The number of aromatic nitrogens is 1. The molecule has 0 aliphatic rings. The van der Waals surface area contributed by atoms with Crippen LogP contribution in [0, 0.1) is 6.92 Å². The minimum absolute atomic E-state index is 0.137. The van der Waals surface area contributed by atoms with Crippen LogP contribution < -0.4 is 15.8 Å². The Kier molecular flexibility index (Phi) is 4.95. The van der Waals surface area contributed by atoms with Gasteiger partial charge in [0, 0.05) is 30.0 Å². The highest BCUT2D eigenvalue weighted by atomic mass is 16.5. The van der Waals surface area contributed by atoms with Crippen molar-refractivity contribution in [3.05, 3.63) is 66.0 Å². The summed E-state index contributed by atoms with van der Waals surface area (Å²) in [5.74, 6) is 0.173. The van der Waals surface area contributed by atoms with Gasteiger partial charge >= 0.3 is 0 Å². The van der Waals surface area contributed by atoms with E-state index in [9.17, 15) is 4.79 Å². The number of benzene rings is 2.